The monoisotopic (exact) mass is 419 g/mol. The Bertz CT molecular complexity index is 970. The normalized spacial score (nSPS) is 26.9. The largest absolute Gasteiger partial charge is 0.354 e. The van der Waals surface area contributed by atoms with Gasteiger partial charge in [-0.25, -0.2) is 15.0 Å². The molecular weight excluding hydrogens is 390 g/mol. The fourth-order valence-corrected chi connectivity index (χ4v) is 6.88. The minimum atomic E-state index is -3.34. The van der Waals surface area contributed by atoms with Gasteiger partial charge in [0, 0.05) is 45.8 Å². The van der Waals surface area contributed by atoms with Gasteiger partial charge >= 0.3 is 0 Å². The first-order valence-electron chi connectivity index (χ1n) is 10.7. The fourth-order valence-electron chi connectivity index (χ4n) is 5.08. The number of aromatic nitrogens is 4. The highest BCUT2D eigenvalue weighted by molar-refractivity contribution is 7.86. The van der Waals surface area contributed by atoms with Crippen LogP contribution < -0.4 is 4.90 Å². The van der Waals surface area contributed by atoms with Crippen molar-refractivity contribution in [3.8, 4) is 0 Å². The molecule has 9 nitrogen and oxygen atoms in total. The molecule has 0 N–H and O–H groups in total. The third kappa shape index (κ3) is 3.30. The molecule has 3 saturated heterocycles. The van der Waals surface area contributed by atoms with Crippen LogP contribution in [0.25, 0.3) is 11.2 Å². The van der Waals surface area contributed by atoms with Crippen LogP contribution in [0.5, 0.6) is 0 Å². The van der Waals surface area contributed by atoms with Crippen LogP contribution in [0.15, 0.2) is 12.7 Å². The maximum absolute atomic E-state index is 13.1. The molecule has 0 aromatic carbocycles. The van der Waals surface area contributed by atoms with Crippen molar-refractivity contribution in [2.45, 2.75) is 39.2 Å². The van der Waals surface area contributed by atoms with E-state index in [1.807, 2.05) is 10.9 Å². The predicted octanol–water partition coefficient (Wildman–Crippen LogP) is 1.33. The van der Waals surface area contributed by atoms with Gasteiger partial charge in [-0.1, -0.05) is 12.8 Å². The van der Waals surface area contributed by atoms with Crippen LogP contribution in [0.1, 0.15) is 32.6 Å². The second kappa shape index (κ2) is 7.48. The second-order valence-corrected chi connectivity index (χ2v) is 10.4. The lowest BCUT2D eigenvalue weighted by Gasteiger charge is -2.27. The number of fused-ring (bicyclic) bond motifs is 2. The van der Waals surface area contributed by atoms with Crippen molar-refractivity contribution in [2.24, 2.45) is 11.8 Å². The minimum Gasteiger partial charge on any atom is -0.354 e. The smallest absolute Gasteiger partial charge is 0.281 e. The number of nitrogens with zero attached hydrogens (tertiary/aromatic N) is 7. The number of aryl methyl sites for hydroxylation is 1. The Morgan fingerprint density at radius 3 is 2.28 bits per heavy atom. The van der Waals surface area contributed by atoms with Gasteiger partial charge in [0.15, 0.2) is 17.0 Å². The van der Waals surface area contributed by atoms with Crippen molar-refractivity contribution in [3.63, 3.8) is 0 Å². The standard InChI is InChI=1S/C19H29N7O2S/c1-2-23-14-22-17-18(23)20-13-21-19(17)24-9-15-11-26(12-16(15)10-24)29(27,28)25-7-5-3-4-6-8-25/h13-16H,2-12H2,1H3. The first-order chi connectivity index (χ1) is 14.1. The molecule has 29 heavy (non-hydrogen) atoms. The third-order valence-corrected chi connectivity index (χ3v) is 8.66. The molecule has 2 aromatic heterocycles. The quantitative estimate of drug-likeness (QED) is 0.743. The molecule has 5 heterocycles. The molecule has 2 atom stereocenters. The zero-order valence-electron chi connectivity index (χ0n) is 16.9. The SMILES string of the molecule is CCn1cnc2c(N3CC4CN(S(=O)(=O)N5CCCCCC5)CC4C3)ncnc21. The maximum atomic E-state index is 13.1. The zero-order chi connectivity index (χ0) is 20.0. The van der Waals surface area contributed by atoms with Gasteiger partial charge in [0.25, 0.3) is 10.2 Å². The molecule has 0 amide bonds. The van der Waals surface area contributed by atoms with E-state index in [2.05, 4.69) is 26.8 Å². The van der Waals surface area contributed by atoms with E-state index >= 15 is 0 Å². The number of rotatable bonds is 4. The van der Waals surface area contributed by atoms with E-state index in [1.54, 1.807) is 14.9 Å². The summed E-state index contributed by atoms with van der Waals surface area (Å²) in [7, 11) is -3.34. The lowest BCUT2D eigenvalue weighted by atomic mass is 10.0. The molecule has 158 valence electrons. The van der Waals surface area contributed by atoms with E-state index in [4.69, 9.17) is 0 Å². The van der Waals surface area contributed by atoms with E-state index < -0.39 is 10.2 Å². The van der Waals surface area contributed by atoms with Gasteiger partial charge in [-0.2, -0.15) is 17.0 Å². The molecular formula is C19H29N7O2S. The molecule has 2 unspecified atom stereocenters. The average molecular weight is 420 g/mol. The molecule has 0 saturated carbocycles. The van der Waals surface area contributed by atoms with E-state index in [0.29, 0.717) is 38.0 Å². The number of hydrogen-bond acceptors (Lipinski definition) is 6. The van der Waals surface area contributed by atoms with Crippen LogP contribution in [0.4, 0.5) is 5.82 Å². The average Bonchev–Trinajstić information content (AvgIpc) is 3.34. The van der Waals surface area contributed by atoms with Gasteiger partial charge in [-0.15, -0.1) is 0 Å². The summed E-state index contributed by atoms with van der Waals surface area (Å²) in [6, 6.07) is 0. The molecule has 0 spiro atoms. The number of imidazole rings is 1. The van der Waals surface area contributed by atoms with Gasteiger partial charge in [0.1, 0.15) is 6.33 Å². The second-order valence-electron chi connectivity index (χ2n) is 8.46. The first-order valence-corrected chi connectivity index (χ1v) is 12.1. The van der Waals surface area contributed by atoms with Gasteiger partial charge in [0.05, 0.1) is 6.33 Å². The first kappa shape index (κ1) is 19.2. The summed E-state index contributed by atoms with van der Waals surface area (Å²) in [6.07, 6.45) is 7.63. The summed E-state index contributed by atoms with van der Waals surface area (Å²) >= 11 is 0. The Morgan fingerprint density at radius 1 is 0.931 bits per heavy atom. The Kier molecular flexibility index (Phi) is 4.95. The molecule has 3 aliphatic heterocycles. The third-order valence-electron chi connectivity index (χ3n) is 6.69. The topological polar surface area (TPSA) is 87.5 Å². The Balaban J connectivity index is 1.31. The summed E-state index contributed by atoms with van der Waals surface area (Å²) in [6.45, 7) is 7.08. The van der Waals surface area contributed by atoms with E-state index in [1.165, 1.54) is 0 Å². The molecule has 3 fully saturated rings. The summed E-state index contributed by atoms with van der Waals surface area (Å²) < 4.78 is 31.7. The highest BCUT2D eigenvalue weighted by atomic mass is 32.2. The summed E-state index contributed by atoms with van der Waals surface area (Å²) in [5.41, 5.74) is 1.70. The van der Waals surface area contributed by atoms with Crippen molar-refractivity contribution in [3.05, 3.63) is 12.7 Å². The summed E-state index contributed by atoms with van der Waals surface area (Å²) in [5, 5.41) is 0. The van der Waals surface area contributed by atoms with E-state index in [9.17, 15) is 8.42 Å². The fraction of sp³-hybridized carbons (Fsp3) is 0.737. The molecule has 0 radical (unpaired) electrons. The van der Waals surface area contributed by atoms with Crippen molar-refractivity contribution in [1.29, 1.82) is 0 Å². The number of hydrogen-bond donors (Lipinski definition) is 0. The van der Waals surface area contributed by atoms with Crippen LogP contribution in [0.3, 0.4) is 0 Å². The lowest BCUT2D eigenvalue weighted by Crippen LogP contribution is -2.44. The Labute approximate surface area is 171 Å². The Hall–Kier alpha value is -1.78. The molecule has 0 bridgehead atoms. The van der Waals surface area contributed by atoms with Crippen LogP contribution >= 0.6 is 0 Å². The highest BCUT2D eigenvalue weighted by Gasteiger charge is 2.46. The molecule has 3 aliphatic rings. The van der Waals surface area contributed by atoms with Crippen molar-refractivity contribution in [1.82, 2.24) is 28.1 Å². The molecule has 0 aliphatic carbocycles. The molecule has 5 rings (SSSR count). The lowest BCUT2D eigenvalue weighted by molar-refractivity contribution is 0.359. The maximum Gasteiger partial charge on any atom is 0.281 e. The predicted molar refractivity (Wildman–Crippen MR) is 111 cm³/mol. The van der Waals surface area contributed by atoms with Gasteiger partial charge in [0.2, 0.25) is 0 Å². The van der Waals surface area contributed by atoms with Crippen LogP contribution in [-0.4, -0.2) is 75.8 Å². The zero-order valence-corrected chi connectivity index (χ0v) is 17.8. The van der Waals surface area contributed by atoms with Gasteiger partial charge in [-0.3, -0.25) is 0 Å². The van der Waals surface area contributed by atoms with Crippen LogP contribution in [0, 0.1) is 11.8 Å². The van der Waals surface area contributed by atoms with E-state index in [0.717, 1.165) is 62.3 Å². The summed E-state index contributed by atoms with van der Waals surface area (Å²) in [4.78, 5) is 15.7. The minimum absolute atomic E-state index is 0.343. The van der Waals surface area contributed by atoms with Crippen molar-refractivity contribution < 1.29 is 8.42 Å². The summed E-state index contributed by atoms with van der Waals surface area (Å²) in [5.74, 6) is 1.56. The van der Waals surface area contributed by atoms with Gasteiger partial charge < -0.3 is 9.47 Å². The van der Waals surface area contributed by atoms with Gasteiger partial charge in [-0.05, 0) is 31.6 Å². The van der Waals surface area contributed by atoms with Crippen molar-refractivity contribution >= 4 is 27.2 Å². The van der Waals surface area contributed by atoms with Crippen LogP contribution in [0.2, 0.25) is 0 Å². The Morgan fingerprint density at radius 2 is 1.62 bits per heavy atom. The molecule has 2 aromatic rings. The number of anilines is 1. The van der Waals surface area contributed by atoms with Crippen molar-refractivity contribution in [2.75, 3.05) is 44.2 Å². The highest BCUT2D eigenvalue weighted by Crippen LogP contribution is 2.36. The van der Waals surface area contributed by atoms with Crippen LogP contribution in [-0.2, 0) is 16.8 Å². The molecule has 10 heteroatoms. The van der Waals surface area contributed by atoms with E-state index in [-0.39, 0.29) is 0 Å².